The summed E-state index contributed by atoms with van der Waals surface area (Å²) in [5.74, 6) is -68.0. The largest absolute Gasteiger partial charge is 0.207 e. The van der Waals surface area contributed by atoms with Crippen molar-refractivity contribution in [2.24, 2.45) is 0 Å². The molecule has 7 aromatic carbocycles. The summed E-state index contributed by atoms with van der Waals surface area (Å²) in [5.41, 5.74) is -12.0. The SMILES string of the molecule is Fc1c(F)c(F)c([B-](c2c(F)c(F)c(F)c(F)c2F)(c2c(F)c(F)c(F)c(F)c2F)c2c(F)c(F)c(F)c(F)c2F)c(F)c1F.N#Cc1ccc(C[S+](=O)(C#Cc2ccccc2)c2ccccc2)cc1. The fourth-order valence-corrected chi connectivity index (χ4v) is 9.16. The van der Waals surface area contributed by atoms with Crippen molar-refractivity contribution in [1.82, 2.24) is 0 Å². The summed E-state index contributed by atoms with van der Waals surface area (Å²) in [6.07, 6.45) is -7.22. The van der Waals surface area contributed by atoms with Crippen LogP contribution in [-0.2, 0) is 19.9 Å². The maximum absolute atomic E-state index is 15.4. The molecule has 0 amide bonds. The Morgan fingerprint density at radius 1 is 0.357 bits per heavy atom. The van der Waals surface area contributed by atoms with Gasteiger partial charge in [0.2, 0.25) is 0 Å². The summed E-state index contributed by atoms with van der Waals surface area (Å²) in [7, 11) is -2.58. The van der Waals surface area contributed by atoms with Crippen molar-refractivity contribution in [3.8, 4) is 17.2 Å². The predicted octanol–water partition coefficient (Wildman–Crippen LogP) is 10.5. The topological polar surface area (TPSA) is 40.9 Å². The molecule has 1 unspecified atom stereocenters. The van der Waals surface area contributed by atoms with Gasteiger partial charge in [0.1, 0.15) is 52.7 Å². The molecule has 0 saturated heterocycles. The highest BCUT2D eigenvalue weighted by atomic mass is 32.2. The number of nitriles is 1. The standard InChI is InChI=1S/C24BF20.C22H16NOS/c26-5-1(6(27)14(35)21(42)13(5)34)25(2-7(28)15(36)22(43)16(37)8(2)29,3-9(30)17(38)23(44)18(39)10(3)31)4-11(32)19(40)24(45)20(41)12(4)33;23-17-20-11-13-21(14-12-20)18-25(24,22-9-5-2-6-10-22)16-15-19-7-3-1-4-8-19/h;1-14H,18H2/q-1;+1. The summed E-state index contributed by atoms with van der Waals surface area (Å²) < 4.78 is 308. The third-order valence-electron chi connectivity index (χ3n) is 10.4. The lowest BCUT2D eigenvalue weighted by atomic mass is 9.12. The van der Waals surface area contributed by atoms with E-state index < -0.39 is 154 Å². The zero-order chi connectivity index (χ0) is 51.9. The Morgan fingerprint density at radius 3 is 0.914 bits per heavy atom. The van der Waals surface area contributed by atoms with Crippen LogP contribution in [-0.4, -0.2) is 6.15 Å². The highest BCUT2D eigenvalue weighted by molar-refractivity contribution is 8.06. The van der Waals surface area contributed by atoms with E-state index in [-0.39, 0.29) is 0 Å². The number of hydrogen-bond acceptors (Lipinski definition) is 2. The molecular weight excluding hydrogens is 1010 g/mol. The lowest BCUT2D eigenvalue weighted by molar-refractivity contribution is 0.378. The average Bonchev–Trinajstić information content (AvgIpc) is 3.36. The first kappa shape index (κ1) is 51.8. The second-order valence-electron chi connectivity index (χ2n) is 14.3. The molecule has 0 N–H and O–H groups in total. The van der Waals surface area contributed by atoms with E-state index in [0.29, 0.717) is 11.3 Å². The van der Waals surface area contributed by atoms with Crippen LogP contribution in [0.5, 0.6) is 0 Å². The van der Waals surface area contributed by atoms with Gasteiger partial charge in [0, 0.05) is 11.1 Å². The summed E-state index contributed by atoms with van der Waals surface area (Å²) >= 11 is 0. The van der Waals surface area contributed by atoms with Crippen molar-refractivity contribution in [1.29, 1.82) is 5.26 Å². The van der Waals surface area contributed by atoms with Gasteiger partial charge in [0.05, 0.1) is 11.6 Å². The highest BCUT2D eigenvalue weighted by Crippen LogP contribution is 2.31. The number of benzene rings is 7. The Balaban J connectivity index is 0.000000270. The Hall–Kier alpha value is -7.60. The zero-order valence-corrected chi connectivity index (χ0v) is 34.5. The molecule has 24 heteroatoms. The number of halogens is 20. The predicted molar refractivity (Wildman–Crippen MR) is 210 cm³/mol. The molecule has 360 valence electrons. The van der Waals surface area contributed by atoms with Gasteiger partial charge >= 0.3 is 0 Å². The van der Waals surface area contributed by atoms with Gasteiger partial charge in [-0.15, -0.1) is 21.9 Å². The van der Waals surface area contributed by atoms with Crippen LogP contribution in [0, 0.1) is 139 Å². The van der Waals surface area contributed by atoms with Crippen molar-refractivity contribution in [2.75, 3.05) is 0 Å². The van der Waals surface area contributed by atoms with E-state index in [4.69, 9.17) is 5.26 Å². The van der Waals surface area contributed by atoms with Crippen LogP contribution in [0.15, 0.2) is 89.8 Å². The normalized spacial score (nSPS) is 12.1. The number of nitrogens with zero attached hydrogens (tertiary/aromatic N) is 1. The van der Waals surface area contributed by atoms with Gasteiger partial charge in [0.25, 0.3) is 0 Å². The molecule has 7 rings (SSSR count). The molecule has 0 fully saturated rings. The molecule has 0 aliphatic carbocycles. The Kier molecular flexibility index (Phi) is 14.6. The van der Waals surface area contributed by atoms with Crippen LogP contribution >= 0.6 is 0 Å². The fourth-order valence-electron chi connectivity index (χ4n) is 7.27. The summed E-state index contributed by atoms with van der Waals surface area (Å²) in [5, 5.41) is 11.9. The summed E-state index contributed by atoms with van der Waals surface area (Å²) in [6.45, 7) is 0. The molecule has 0 aliphatic heterocycles. The van der Waals surface area contributed by atoms with Crippen LogP contribution in [0.1, 0.15) is 16.7 Å². The van der Waals surface area contributed by atoms with E-state index >= 15 is 35.1 Å². The monoisotopic (exact) mass is 1020 g/mol. The van der Waals surface area contributed by atoms with Crippen LogP contribution in [0.4, 0.5) is 87.8 Å². The van der Waals surface area contributed by atoms with Gasteiger partial charge in [-0.3, -0.25) is 0 Å². The minimum Gasteiger partial charge on any atom is -0.207 e. The maximum Gasteiger partial charge on any atom is 0.200 e. The Morgan fingerprint density at radius 2 is 0.629 bits per heavy atom. The van der Waals surface area contributed by atoms with E-state index in [1.807, 2.05) is 72.8 Å². The van der Waals surface area contributed by atoms with Gasteiger partial charge in [-0.1, -0.05) is 52.7 Å². The van der Waals surface area contributed by atoms with E-state index in [2.05, 4.69) is 17.2 Å². The molecule has 0 radical (unpaired) electrons. The molecule has 1 atom stereocenters. The molecular formula is C46H16BF20NOS. The van der Waals surface area contributed by atoms with E-state index in [1.165, 1.54) is 0 Å². The van der Waals surface area contributed by atoms with Gasteiger partial charge in [-0.2, -0.15) is 5.26 Å². The van der Waals surface area contributed by atoms with E-state index in [1.54, 1.807) is 12.1 Å². The second kappa shape index (κ2) is 19.8. The van der Waals surface area contributed by atoms with Gasteiger partial charge in [0.15, 0.2) is 95.6 Å². The molecule has 0 aliphatic rings. The number of rotatable bonds is 7. The van der Waals surface area contributed by atoms with Crippen molar-refractivity contribution in [3.05, 3.63) is 218 Å². The number of hydrogen-bond donors (Lipinski definition) is 0. The molecule has 2 nitrogen and oxygen atoms in total. The molecule has 70 heavy (non-hydrogen) atoms. The minimum absolute atomic E-state index is 0.322. The lowest BCUT2D eigenvalue weighted by Gasteiger charge is -2.44. The highest BCUT2D eigenvalue weighted by Gasteiger charge is 2.52. The molecule has 0 saturated carbocycles. The van der Waals surface area contributed by atoms with Crippen molar-refractivity contribution >= 4 is 37.9 Å². The average molecular weight is 1020 g/mol. The maximum atomic E-state index is 15.4. The first-order chi connectivity index (χ1) is 32.9. The third kappa shape index (κ3) is 8.60. The zero-order valence-electron chi connectivity index (χ0n) is 33.7. The second-order valence-corrected chi connectivity index (χ2v) is 16.6. The van der Waals surface area contributed by atoms with E-state index in [9.17, 15) is 56.9 Å². The minimum atomic E-state index is -7.22. The first-order valence-electron chi connectivity index (χ1n) is 18.8. The molecule has 7 aromatic rings. The van der Waals surface area contributed by atoms with Crippen LogP contribution in [0.3, 0.4) is 0 Å². The lowest BCUT2D eigenvalue weighted by Crippen LogP contribution is -2.81. The smallest absolute Gasteiger partial charge is 0.200 e. The Labute approximate surface area is 380 Å². The van der Waals surface area contributed by atoms with Crippen LogP contribution in [0.2, 0.25) is 0 Å². The van der Waals surface area contributed by atoms with Crippen LogP contribution < -0.4 is 21.9 Å². The van der Waals surface area contributed by atoms with Crippen LogP contribution in [0.25, 0.3) is 0 Å². The molecule has 0 spiro atoms. The Bertz CT molecular complexity index is 3010. The molecule has 0 heterocycles. The van der Waals surface area contributed by atoms with Gasteiger partial charge in [-0.05, 0) is 42.3 Å². The van der Waals surface area contributed by atoms with Gasteiger partial charge < -0.3 is 0 Å². The summed E-state index contributed by atoms with van der Waals surface area (Å²) in [4.78, 5) is 0.725. The fraction of sp³-hybridized carbons (Fsp3) is 0.0217. The van der Waals surface area contributed by atoms with Gasteiger partial charge in [-0.25, -0.2) is 87.8 Å². The summed E-state index contributed by atoms with van der Waals surface area (Å²) in [6, 6.07) is 28.2. The van der Waals surface area contributed by atoms with Crippen molar-refractivity contribution < 1.29 is 92.0 Å². The van der Waals surface area contributed by atoms with E-state index in [0.717, 1.165) is 16.0 Å². The molecule has 0 aromatic heterocycles. The molecule has 0 bridgehead atoms. The first-order valence-corrected chi connectivity index (χ1v) is 20.5. The van der Waals surface area contributed by atoms with Crippen molar-refractivity contribution in [3.63, 3.8) is 0 Å². The van der Waals surface area contributed by atoms with Crippen molar-refractivity contribution in [2.45, 2.75) is 10.6 Å². The third-order valence-corrected chi connectivity index (χ3v) is 12.6. The quantitative estimate of drug-likeness (QED) is 0.0399.